The number of aromatic nitrogens is 1. The van der Waals surface area contributed by atoms with Crippen molar-refractivity contribution in [2.45, 2.75) is 0 Å². The summed E-state index contributed by atoms with van der Waals surface area (Å²) >= 11 is 1.39. The number of thiazole rings is 1. The molecule has 0 atom stereocenters. The lowest BCUT2D eigenvalue weighted by atomic mass is 10.1. The summed E-state index contributed by atoms with van der Waals surface area (Å²) in [6.45, 7) is 0. The minimum absolute atomic E-state index is 0.169. The van der Waals surface area contributed by atoms with E-state index >= 15 is 0 Å². The van der Waals surface area contributed by atoms with Gasteiger partial charge in [0, 0.05) is 24.2 Å². The van der Waals surface area contributed by atoms with Crippen LogP contribution in [0.2, 0.25) is 0 Å². The quantitative estimate of drug-likeness (QED) is 0.813. The van der Waals surface area contributed by atoms with Gasteiger partial charge >= 0.3 is 0 Å². The molecule has 0 unspecified atom stereocenters. The molecule has 2 rings (SSSR count). The van der Waals surface area contributed by atoms with Crippen LogP contribution in [0.5, 0.6) is 0 Å². The molecular formula is C12H9N3OS. The van der Waals surface area contributed by atoms with Gasteiger partial charge in [-0.1, -0.05) is 6.07 Å². The van der Waals surface area contributed by atoms with E-state index in [1.54, 1.807) is 37.5 Å². The van der Waals surface area contributed by atoms with E-state index in [9.17, 15) is 4.79 Å². The highest BCUT2D eigenvalue weighted by atomic mass is 32.1. The van der Waals surface area contributed by atoms with E-state index in [-0.39, 0.29) is 5.91 Å². The minimum atomic E-state index is -0.169. The molecule has 5 heteroatoms. The number of anilines is 1. The molecule has 2 aromatic rings. The standard InChI is InChI=1S/C12H9N3OS/c1-15(12-14-5-6-17-12)11(16)10-4-2-3-9(7-10)8-13/h2-7H,1H3. The van der Waals surface area contributed by atoms with Gasteiger partial charge in [0.05, 0.1) is 11.6 Å². The van der Waals surface area contributed by atoms with Crippen LogP contribution in [0.1, 0.15) is 15.9 Å². The molecular weight excluding hydrogens is 234 g/mol. The summed E-state index contributed by atoms with van der Waals surface area (Å²) in [5, 5.41) is 11.2. The molecule has 1 aromatic carbocycles. The minimum Gasteiger partial charge on any atom is -0.287 e. The zero-order valence-corrected chi connectivity index (χ0v) is 9.94. The summed E-state index contributed by atoms with van der Waals surface area (Å²) in [5.74, 6) is -0.169. The van der Waals surface area contributed by atoms with Crippen LogP contribution in [0.15, 0.2) is 35.8 Å². The fraction of sp³-hybridized carbons (Fsp3) is 0.0833. The lowest BCUT2D eigenvalue weighted by Crippen LogP contribution is -2.26. The molecule has 0 radical (unpaired) electrons. The van der Waals surface area contributed by atoms with Gasteiger partial charge in [-0.3, -0.25) is 9.69 Å². The van der Waals surface area contributed by atoms with Crippen LogP contribution >= 0.6 is 11.3 Å². The van der Waals surface area contributed by atoms with Crippen LogP contribution in [0.4, 0.5) is 5.13 Å². The Balaban J connectivity index is 2.28. The van der Waals surface area contributed by atoms with Crippen molar-refractivity contribution in [3.05, 3.63) is 47.0 Å². The number of benzene rings is 1. The molecule has 0 aliphatic carbocycles. The SMILES string of the molecule is CN(C(=O)c1cccc(C#N)c1)c1nccs1. The Hall–Kier alpha value is -2.19. The van der Waals surface area contributed by atoms with Crippen LogP contribution in [0, 0.1) is 11.3 Å². The van der Waals surface area contributed by atoms with Crippen LogP contribution in [0.25, 0.3) is 0 Å². The van der Waals surface area contributed by atoms with Gasteiger partial charge in [0.2, 0.25) is 0 Å². The van der Waals surface area contributed by atoms with E-state index in [0.29, 0.717) is 16.3 Å². The Bertz CT molecular complexity index is 572. The topological polar surface area (TPSA) is 57.0 Å². The average molecular weight is 243 g/mol. The Morgan fingerprint density at radius 3 is 3.00 bits per heavy atom. The molecule has 0 spiro atoms. The Morgan fingerprint density at radius 2 is 2.35 bits per heavy atom. The largest absolute Gasteiger partial charge is 0.287 e. The second-order valence-electron chi connectivity index (χ2n) is 3.37. The molecule has 0 saturated heterocycles. The molecule has 1 amide bonds. The van der Waals surface area contributed by atoms with Crippen LogP contribution in [0.3, 0.4) is 0 Å². The van der Waals surface area contributed by atoms with Crippen molar-refractivity contribution >= 4 is 22.4 Å². The number of rotatable bonds is 2. The third kappa shape index (κ3) is 2.32. The van der Waals surface area contributed by atoms with Crippen molar-refractivity contribution < 1.29 is 4.79 Å². The van der Waals surface area contributed by atoms with Gasteiger partial charge < -0.3 is 0 Å². The summed E-state index contributed by atoms with van der Waals surface area (Å²) in [4.78, 5) is 17.6. The van der Waals surface area contributed by atoms with Crippen molar-refractivity contribution in [2.24, 2.45) is 0 Å². The van der Waals surface area contributed by atoms with Crippen molar-refractivity contribution in [3.8, 4) is 6.07 Å². The number of nitriles is 1. The molecule has 1 aromatic heterocycles. The molecule has 17 heavy (non-hydrogen) atoms. The summed E-state index contributed by atoms with van der Waals surface area (Å²) in [5.41, 5.74) is 0.963. The highest BCUT2D eigenvalue weighted by molar-refractivity contribution is 7.13. The zero-order chi connectivity index (χ0) is 12.3. The lowest BCUT2D eigenvalue weighted by Gasteiger charge is -2.13. The maximum atomic E-state index is 12.1. The number of nitrogens with zero attached hydrogens (tertiary/aromatic N) is 3. The lowest BCUT2D eigenvalue weighted by molar-refractivity contribution is 0.0993. The summed E-state index contributed by atoms with van der Waals surface area (Å²) in [7, 11) is 1.67. The molecule has 84 valence electrons. The molecule has 0 bridgehead atoms. The molecule has 0 saturated carbocycles. The Labute approximate surface area is 103 Å². The van der Waals surface area contributed by atoms with Gasteiger partial charge in [0.1, 0.15) is 0 Å². The van der Waals surface area contributed by atoms with Crippen molar-refractivity contribution in [1.82, 2.24) is 4.98 Å². The van der Waals surface area contributed by atoms with Gasteiger partial charge in [-0.05, 0) is 18.2 Å². The molecule has 0 N–H and O–H groups in total. The highest BCUT2D eigenvalue weighted by Gasteiger charge is 2.15. The fourth-order valence-corrected chi connectivity index (χ4v) is 1.99. The van der Waals surface area contributed by atoms with E-state index < -0.39 is 0 Å². The number of hydrogen-bond acceptors (Lipinski definition) is 4. The molecule has 0 aliphatic rings. The van der Waals surface area contributed by atoms with Crippen LogP contribution in [-0.4, -0.2) is 17.9 Å². The highest BCUT2D eigenvalue weighted by Crippen LogP contribution is 2.18. The van der Waals surface area contributed by atoms with E-state index in [1.165, 1.54) is 16.2 Å². The van der Waals surface area contributed by atoms with Crippen molar-refractivity contribution in [1.29, 1.82) is 5.26 Å². The summed E-state index contributed by atoms with van der Waals surface area (Å²) < 4.78 is 0. The monoisotopic (exact) mass is 243 g/mol. The Morgan fingerprint density at radius 1 is 1.53 bits per heavy atom. The van der Waals surface area contributed by atoms with E-state index in [0.717, 1.165) is 0 Å². The first-order valence-electron chi connectivity index (χ1n) is 4.90. The predicted octanol–water partition coefficient (Wildman–Crippen LogP) is 2.29. The van der Waals surface area contributed by atoms with Gasteiger partial charge in [-0.2, -0.15) is 5.26 Å². The number of amides is 1. The normalized spacial score (nSPS) is 9.65. The van der Waals surface area contributed by atoms with Gasteiger partial charge in [-0.15, -0.1) is 11.3 Å². The first-order valence-corrected chi connectivity index (χ1v) is 5.78. The molecule has 1 heterocycles. The summed E-state index contributed by atoms with van der Waals surface area (Å²) in [6.07, 6.45) is 1.65. The van der Waals surface area contributed by atoms with E-state index in [1.807, 2.05) is 11.4 Å². The second kappa shape index (κ2) is 4.76. The molecule has 0 aliphatic heterocycles. The third-order valence-corrected chi connectivity index (χ3v) is 3.10. The van der Waals surface area contributed by atoms with E-state index in [2.05, 4.69) is 4.98 Å². The smallest absolute Gasteiger partial charge is 0.259 e. The number of hydrogen-bond donors (Lipinski definition) is 0. The molecule has 0 fully saturated rings. The van der Waals surface area contributed by atoms with Crippen molar-refractivity contribution in [3.63, 3.8) is 0 Å². The van der Waals surface area contributed by atoms with Crippen LogP contribution in [-0.2, 0) is 0 Å². The Kier molecular flexibility index (Phi) is 3.17. The maximum Gasteiger partial charge on any atom is 0.259 e. The third-order valence-electron chi connectivity index (χ3n) is 2.25. The van der Waals surface area contributed by atoms with Gasteiger partial charge in [0.15, 0.2) is 5.13 Å². The molecule has 4 nitrogen and oxygen atoms in total. The fourth-order valence-electron chi connectivity index (χ4n) is 1.38. The van der Waals surface area contributed by atoms with Gasteiger partial charge in [-0.25, -0.2) is 4.98 Å². The van der Waals surface area contributed by atoms with E-state index in [4.69, 9.17) is 5.26 Å². The zero-order valence-electron chi connectivity index (χ0n) is 9.12. The van der Waals surface area contributed by atoms with Crippen LogP contribution < -0.4 is 4.90 Å². The predicted molar refractivity (Wildman–Crippen MR) is 66.0 cm³/mol. The number of carbonyl (C=O) groups is 1. The van der Waals surface area contributed by atoms with Gasteiger partial charge in [0.25, 0.3) is 5.91 Å². The number of carbonyl (C=O) groups excluding carboxylic acids is 1. The first-order chi connectivity index (χ1) is 8.22. The maximum absolute atomic E-state index is 12.1. The summed E-state index contributed by atoms with van der Waals surface area (Å²) in [6, 6.07) is 8.64. The second-order valence-corrected chi connectivity index (χ2v) is 4.24. The first kappa shape index (κ1) is 11.3. The average Bonchev–Trinajstić information content (AvgIpc) is 2.91. The van der Waals surface area contributed by atoms with Crippen molar-refractivity contribution in [2.75, 3.05) is 11.9 Å².